The highest BCUT2D eigenvalue weighted by molar-refractivity contribution is 5.77. The molecule has 0 aliphatic heterocycles. The third-order valence-electron chi connectivity index (χ3n) is 2.94. The molecule has 3 aromatic rings. The van der Waals surface area contributed by atoms with Crippen molar-refractivity contribution in [1.29, 1.82) is 0 Å². The summed E-state index contributed by atoms with van der Waals surface area (Å²) in [5.74, 6) is 1.10. The molecule has 0 bridgehead atoms. The van der Waals surface area contributed by atoms with Gasteiger partial charge in [-0.3, -0.25) is 4.79 Å². The first-order chi connectivity index (χ1) is 8.67. The van der Waals surface area contributed by atoms with Crippen LogP contribution in [0.3, 0.4) is 0 Å². The summed E-state index contributed by atoms with van der Waals surface area (Å²) in [6, 6.07) is 5.69. The highest BCUT2D eigenvalue weighted by atomic mass is 16.3. The van der Waals surface area contributed by atoms with Crippen molar-refractivity contribution in [3.8, 4) is 11.1 Å². The van der Waals surface area contributed by atoms with E-state index >= 15 is 0 Å². The van der Waals surface area contributed by atoms with Crippen LogP contribution >= 0.6 is 0 Å². The molecule has 0 saturated carbocycles. The first kappa shape index (κ1) is 10.8. The number of carbonyl (C=O) groups is 1. The van der Waals surface area contributed by atoms with E-state index in [1.165, 1.54) is 0 Å². The maximum absolute atomic E-state index is 10.7. The molecule has 0 saturated heterocycles. The number of rotatable bonds is 2. The summed E-state index contributed by atoms with van der Waals surface area (Å²) in [6.07, 6.45) is 4.67. The number of pyridine rings is 1. The molecule has 0 atom stereocenters. The third kappa shape index (κ3) is 1.62. The van der Waals surface area contributed by atoms with Crippen LogP contribution < -0.4 is 0 Å². The van der Waals surface area contributed by atoms with Crippen LogP contribution in [-0.4, -0.2) is 15.7 Å². The summed E-state index contributed by atoms with van der Waals surface area (Å²) in [5.41, 5.74) is 3.83. The number of aryl methyl sites for hydroxylation is 2. The Morgan fingerprint density at radius 1 is 1.28 bits per heavy atom. The standard InChI is InChI=1S/C14H12N2O2/c1-9-6-16-7-11(3-4-14(16)15-9)13-5-12(8-17)18-10(13)2/h3-8H,1-2H3. The SMILES string of the molecule is Cc1cn2cc(-c3cc(C=O)oc3C)ccc2n1. The predicted octanol–water partition coefficient (Wildman–Crippen LogP) is 3.02. The Morgan fingerprint density at radius 3 is 2.83 bits per heavy atom. The average molecular weight is 240 g/mol. The first-order valence-corrected chi connectivity index (χ1v) is 5.69. The molecule has 3 heterocycles. The minimum Gasteiger partial charge on any atom is -0.458 e. The first-order valence-electron chi connectivity index (χ1n) is 5.69. The number of carbonyl (C=O) groups excluding carboxylic acids is 1. The lowest BCUT2D eigenvalue weighted by Crippen LogP contribution is -1.85. The van der Waals surface area contributed by atoms with Gasteiger partial charge < -0.3 is 8.82 Å². The number of imidazole rings is 1. The van der Waals surface area contributed by atoms with E-state index in [0.717, 1.165) is 34.5 Å². The van der Waals surface area contributed by atoms with Crippen LogP contribution in [-0.2, 0) is 0 Å². The molecule has 0 amide bonds. The number of hydrogen-bond acceptors (Lipinski definition) is 3. The Bertz CT molecular complexity index is 737. The van der Waals surface area contributed by atoms with Gasteiger partial charge in [-0.1, -0.05) is 0 Å². The Morgan fingerprint density at radius 2 is 2.11 bits per heavy atom. The van der Waals surface area contributed by atoms with Gasteiger partial charge in [0.05, 0.1) is 5.69 Å². The van der Waals surface area contributed by atoms with Gasteiger partial charge in [0.25, 0.3) is 0 Å². The monoisotopic (exact) mass is 240 g/mol. The molecule has 0 unspecified atom stereocenters. The summed E-state index contributed by atoms with van der Waals surface area (Å²) < 4.78 is 7.31. The van der Waals surface area contributed by atoms with E-state index in [0.29, 0.717) is 5.76 Å². The summed E-state index contributed by atoms with van der Waals surface area (Å²) >= 11 is 0. The van der Waals surface area contributed by atoms with Crippen molar-refractivity contribution in [3.05, 3.63) is 47.8 Å². The number of fused-ring (bicyclic) bond motifs is 1. The Balaban J connectivity index is 2.17. The predicted molar refractivity (Wildman–Crippen MR) is 67.8 cm³/mol. The fourth-order valence-electron chi connectivity index (χ4n) is 2.13. The van der Waals surface area contributed by atoms with Crippen LogP contribution in [0.25, 0.3) is 16.8 Å². The van der Waals surface area contributed by atoms with Crippen LogP contribution in [0.2, 0.25) is 0 Å². The van der Waals surface area contributed by atoms with Gasteiger partial charge in [0.1, 0.15) is 11.4 Å². The number of nitrogens with zero attached hydrogens (tertiary/aromatic N) is 2. The molecule has 0 aliphatic carbocycles. The van der Waals surface area contributed by atoms with Crippen molar-refractivity contribution in [2.24, 2.45) is 0 Å². The van der Waals surface area contributed by atoms with Gasteiger partial charge in [-0.25, -0.2) is 4.98 Å². The molecule has 0 fully saturated rings. The quantitative estimate of drug-likeness (QED) is 0.647. The molecule has 4 heteroatoms. The van der Waals surface area contributed by atoms with Crippen molar-refractivity contribution in [2.45, 2.75) is 13.8 Å². The largest absolute Gasteiger partial charge is 0.458 e. The van der Waals surface area contributed by atoms with Gasteiger partial charge >= 0.3 is 0 Å². The summed E-state index contributed by atoms with van der Waals surface area (Å²) in [7, 11) is 0. The molecule has 0 aromatic carbocycles. The summed E-state index contributed by atoms with van der Waals surface area (Å²) in [6.45, 7) is 3.81. The number of furan rings is 1. The fraction of sp³-hybridized carbons (Fsp3) is 0.143. The number of aldehydes is 1. The molecule has 18 heavy (non-hydrogen) atoms. The van der Waals surface area contributed by atoms with Crippen LogP contribution in [0.15, 0.2) is 35.0 Å². The average Bonchev–Trinajstić information content (AvgIpc) is 2.89. The van der Waals surface area contributed by atoms with E-state index in [1.807, 2.05) is 42.8 Å². The van der Waals surface area contributed by atoms with Gasteiger partial charge in [0.15, 0.2) is 12.0 Å². The summed E-state index contributed by atoms with van der Waals surface area (Å²) in [5, 5.41) is 0. The molecule has 4 nitrogen and oxygen atoms in total. The van der Waals surface area contributed by atoms with Crippen molar-refractivity contribution in [1.82, 2.24) is 9.38 Å². The molecule has 0 N–H and O–H groups in total. The second-order valence-corrected chi connectivity index (χ2v) is 4.30. The van der Waals surface area contributed by atoms with Crippen molar-refractivity contribution in [3.63, 3.8) is 0 Å². The molecular weight excluding hydrogens is 228 g/mol. The van der Waals surface area contributed by atoms with E-state index in [-0.39, 0.29) is 0 Å². The molecule has 0 radical (unpaired) electrons. The zero-order valence-corrected chi connectivity index (χ0v) is 10.2. The highest BCUT2D eigenvalue weighted by Crippen LogP contribution is 2.26. The lowest BCUT2D eigenvalue weighted by Gasteiger charge is -2.00. The molecule has 0 spiro atoms. The van der Waals surface area contributed by atoms with Gasteiger partial charge in [-0.15, -0.1) is 0 Å². The van der Waals surface area contributed by atoms with Gasteiger partial charge in [0, 0.05) is 23.5 Å². The van der Waals surface area contributed by atoms with Crippen LogP contribution in [0.5, 0.6) is 0 Å². The zero-order chi connectivity index (χ0) is 12.7. The molecule has 90 valence electrons. The fourth-order valence-corrected chi connectivity index (χ4v) is 2.13. The molecule has 3 aromatic heterocycles. The van der Waals surface area contributed by atoms with Gasteiger partial charge in [-0.2, -0.15) is 0 Å². The third-order valence-corrected chi connectivity index (χ3v) is 2.94. The normalized spacial score (nSPS) is 11.0. The lowest BCUT2D eigenvalue weighted by molar-refractivity contribution is 0.109. The Labute approximate surface area is 104 Å². The Kier molecular flexibility index (Phi) is 2.30. The maximum Gasteiger partial charge on any atom is 0.185 e. The second-order valence-electron chi connectivity index (χ2n) is 4.30. The smallest absolute Gasteiger partial charge is 0.185 e. The van der Waals surface area contributed by atoms with Gasteiger partial charge in [0.2, 0.25) is 0 Å². The van der Waals surface area contributed by atoms with E-state index in [4.69, 9.17) is 4.42 Å². The zero-order valence-electron chi connectivity index (χ0n) is 10.2. The highest BCUT2D eigenvalue weighted by Gasteiger charge is 2.10. The molecular formula is C14H12N2O2. The van der Waals surface area contributed by atoms with E-state index in [1.54, 1.807) is 6.07 Å². The molecule has 3 rings (SSSR count). The summed E-state index contributed by atoms with van der Waals surface area (Å²) in [4.78, 5) is 15.1. The van der Waals surface area contributed by atoms with E-state index < -0.39 is 0 Å². The van der Waals surface area contributed by atoms with Crippen molar-refractivity contribution in [2.75, 3.05) is 0 Å². The van der Waals surface area contributed by atoms with Gasteiger partial charge in [-0.05, 0) is 32.0 Å². The number of hydrogen-bond donors (Lipinski definition) is 0. The van der Waals surface area contributed by atoms with E-state index in [9.17, 15) is 4.79 Å². The maximum atomic E-state index is 10.7. The van der Waals surface area contributed by atoms with Crippen LogP contribution in [0.4, 0.5) is 0 Å². The lowest BCUT2D eigenvalue weighted by atomic mass is 10.1. The van der Waals surface area contributed by atoms with E-state index in [2.05, 4.69) is 4.98 Å². The number of aromatic nitrogens is 2. The Hall–Kier alpha value is -2.36. The van der Waals surface area contributed by atoms with Crippen molar-refractivity contribution >= 4 is 11.9 Å². The minimum absolute atomic E-state index is 0.351. The molecule has 0 aliphatic rings. The van der Waals surface area contributed by atoms with Crippen LogP contribution in [0, 0.1) is 13.8 Å². The van der Waals surface area contributed by atoms with Crippen LogP contribution in [0.1, 0.15) is 22.0 Å². The second kappa shape index (κ2) is 3.84. The van der Waals surface area contributed by atoms with Crippen molar-refractivity contribution < 1.29 is 9.21 Å². The minimum atomic E-state index is 0.351. The topological polar surface area (TPSA) is 47.5 Å².